The molecule has 1 heterocycles. The van der Waals surface area contributed by atoms with Gasteiger partial charge in [-0.1, -0.05) is 41.9 Å². The fourth-order valence-corrected chi connectivity index (χ4v) is 3.40. The van der Waals surface area contributed by atoms with Crippen molar-refractivity contribution in [1.82, 2.24) is 5.32 Å². The number of quaternary nitrogens is 1. The molecule has 2 amide bonds. The number of hydrogen-bond acceptors (Lipinski definition) is 3. The second-order valence-electron chi connectivity index (χ2n) is 6.12. The van der Waals surface area contributed by atoms with E-state index in [0.717, 1.165) is 10.5 Å². The average molecular weight is 375 g/mol. The van der Waals surface area contributed by atoms with Gasteiger partial charge in [-0.2, -0.15) is 0 Å². The van der Waals surface area contributed by atoms with Gasteiger partial charge >= 0.3 is 0 Å². The molecule has 0 saturated carbocycles. The van der Waals surface area contributed by atoms with Gasteiger partial charge in [0.15, 0.2) is 12.6 Å². The number of methoxy groups -OCH3 is 1. The molecule has 7 heteroatoms. The smallest absolute Gasteiger partial charge is 0.287 e. The summed E-state index contributed by atoms with van der Waals surface area (Å²) in [4.78, 5) is 25.8. The van der Waals surface area contributed by atoms with Crippen LogP contribution >= 0.6 is 11.6 Å². The summed E-state index contributed by atoms with van der Waals surface area (Å²) < 4.78 is 5.14. The fourth-order valence-electron chi connectivity index (χ4n) is 3.14. The van der Waals surface area contributed by atoms with Crippen molar-refractivity contribution in [3.8, 4) is 5.75 Å². The molecule has 26 heavy (non-hydrogen) atoms. The van der Waals surface area contributed by atoms with E-state index >= 15 is 0 Å². The lowest BCUT2D eigenvalue weighted by Crippen LogP contribution is -3.16. The van der Waals surface area contributed by atoms with Crippen LogP contribution in [-0.4, -0.2) is 38.6 Å². The highest BCUT2D eigenvalue weighted by Gasteiger charge is 2.34. The minimum absolute atomic E-state index is 0.0486. The molecule has 2 aromatic rings. The molecule has 0 bridgehead atoms. The maximum absolute atomic E-state index is 13.0. The van der Waals surface area contributed by atoms with Crippen LogP contribution in [0.1, 0.15) is 11.6 Å². The number of nitrogens with one attached hydrogen (secondary N) is 3. The maximum Gasteiger partial charge on any atom is 0.287 e. The van der Waals surface area contributed by atoms with Crippen LogP contribution in [0.2, 0.25) is 5.02 Å². The van der Waals surface area contributed by atoms with Gasteiger partial charge < -0.3 is 20.3 Å². The van der Waals surface area contributed by atoms with Crippen LogP contribution in [0.3, 0.4) is 0 Å². The van der Waals surface area contributed by atoms with Crippen molar-refractivity contribution in [2.75, 3.05) is 32.1 Å². The number of piperazine rings is 1. The van der Waals surface area contributed by atoms with Gasteiger partial charge in [-0.05, 0) is 18.2 Å². The zero-order chi connectivity index (χ0) is 18.5. The molecule has 1 unspecified atom stereocenters. The summed E-state index contributed by atoms with van der Waals surface area (Å²) in [5.41, 5.74) is 1.46. The quantitative estimate of drug-likeness (QED) is 0.732. The van der Waals surface area contributed by atoms with Crippen LogP contribution in [0.5, 0.6) is 5.75 Å². The molecule has 0 aliphatic carbocycles. The van der Waals surface area contributed by atoms with Crippen molar-refractivity contribution < 1.29 is 19.2 Å². The molecule has 2 atom stereocenters. The van der Waals surface area contributed by atoms with Gasteiger partial charge in [-0.15, -0.1) is 0 Å². The molecule has 0 radical (unpaired) electrons. The molecule has 0 aromatic heterocycles. The second-order valence-corrected chi connectivity index (χ2v) is 6.52. The minimum Gasteiger partial charge on any atom is -0.495 e. The summed E-state index contributed by atoms with van der Waals surface area (Å²) in [7, 11) is 1.54. The first-order valence-electron chi connectivity index (χ1n) is 8.39. The first-order valence-corrected chi connectivity index (χ1v) is 8.77. The molecular formula is C19H21ClN3O3+. The summed E-state index contributed by atoms with van der Waals surface area (Å²) in [6.45, 7) is 1.50. The van der Waals surface area contributed by atoms with E-state index < -0.39 is 6.04 Å². The van der Waals surface area contributed by atoms with Crippen LogP contribution in [0, 0.1) is 0 Å². The van der Waals surface area contributed by atoms with Gasteiger partial charge in [0.05, 0.1) is 25.2 Å². The number of carbonyl (C=O) groups is 2. The van der Waals surface area contributed by atoms with Crippen LogP contribution in [-0.2, 0) is 9.59 Å². The Balaban J connectivity index is 1.85. The zero-order valence-corrected chi connectivity index (χ0v) is 15.2. The van der Waals surface area contributed by atoms with E-state index in [1.165, 1.54) is 7.11 Å². The maximum atomic E-state index is 13.0. The number of amides is 2. The SMILES string of the molecule is COc1ccc(NC(=O)[C@H](c2ccccc2)[NH+]2CCNC(=O)C2)cc1Cl. The third kappa shape index (κ3) is 4.15. The Labute approximate surface area is 157 Å². The number of anilines is 1. The Kier molecular flexibility index (Phi) is 5.75. The Morgan fingerprint density at radius 2 is 2.04 bits per heavy atom. The molecular weight excluding hydrogens is 354 g/mol. The van der Waals surface area contributed by atoms with Gasteiger partial charge in [0.1, 0.15) is 5.75 Å². The molecule has 1 saturated heterocycles. The van der Waals surface area contributed by atoms with E-state index in [-0.39, 0.29) is 18.4 Å². The largest absolute Gasteiger partial charge is 0.495 e. The third-order valence-electron chi connectivity index (χ3n) is 4.38. The number of halogens is 1. The van der Waals surface area contributed by atoms with Crippen LogP contribution in [0.25, 0.3) is 0 Å². The topological polar surface area (TPSA) is 71.9 Å². The number of rotatable bonds is 5. The summed E-state index contributed by atoms with van der Waals surface area (Å²) in [5, 5.41) is 6.14. The van der Waals surface area contributed by atoms with Crippen molar-refractivity contribution in [2.45, 2.75) is 6.04 Å². The van der Waals surface area contributed by atoms with Crippen molar-refractivity contribution >= 4 is 29.1 Å². The van der Waals surface area contributed by atoms with Crippen molar-refractivity contribution in [2.24, 2.45) is 0 Å². The molecule has 1 aliphatic heterocycles. The van der Waals surface area contributed by atoms with E-state index in [1.54, 1.807) is 18.2 Å². The molecule has 136 valence electrons. The van der Waals surface area contributed by atoms with Crippen molar-refractivity contribution in [1.29, 1.82) is 0 Å². The molecule has 1 aliphatic rings. The van der Waals surface area contributed by atoms with Crippen LogP contribution < -0.4 is 20.3 Å². The lowest BCUT2D eigenvalue weighted by molar-refractivity contribution is -0.915. The zero-order valence-electron chi connectivity index (χ0n) is 14.4. The van der Waals surface area contributed by atoms with Gasteiger partial charge in [0.2, 0.25) is 0 Å². The van der Waals surface area contributed by atoms with Gasteiger partial charge in [-0.3, -0.25) is 9.59 Å². The van der Waals surface area contributed by atoms with Crippen LogP contribution in [0.4, 0.5) is 5.69 Å². The number of ether oxygens (including phenoxy) is 1. The predicted molar refractivity (Wildman–Crippen MR) is 99.5 cm³/mol. The lowest BCUT2D eigenvalue weighted by Gasteiger charge is -2.30. The van der Waals surface area contributed by atoms with E-state index in [9.17, 15) is 9.59 Å². The van der Waals surface area contributed by atoms with E-state index in [2.05, 4.69) is 10.6 Å². The van der Waals surface area contributed by atoms with Gasteiger partial charge in [0, 0.05) is 11.3 Å². The summed E-state index contributed by atoms with van der Waals surface area (Å²) in [6.07, 6.45) is 0. The first kappa shape index (κ1) is 18.2. The second kappa shape index (κ2) is 8.21. The highest BCUT2D eigenvalue weighted by Crippen LogP contribution is 2.27. The highest BCUT2D eigenvalue weighted by atomic mass is 35.5. The average Bonchev–Trinajstić information content (AvgIpc) is 2.63. The molecule has 3 rings (SSSR count). The van der Waals surface area contributed by atoms with E-state index in [4.69, 9.17) is 16.3 Å². The van der Waals surface area contributed by atoms with E-state index in [0.29, 0.717) is 29.5 Å². The van der Waals surface area contributed by atoms with Crippen molar-refractivity contribution in [3.63, 3.8) is 0 Å². The van der Waals surface area contributed by atoms with Gasteiger partial charge in [0.25, 0.3) is 11.8 Å². The molecule has 6 nitrogen and oxygen atoms in total. The molecule has 2 aromatic carbocycles. The summed E-state index contributed by atoms with van der Waals surface area (Å²) >= 11 is 6.14. The number of hydrogen-bond donors (Lipinski definition) is 3. The minimum atomic E-state index is -0.483. The van der Waals surface area contributed by atoms with E-state index in [1.807, 2.05) is 30.3 Å². The predicted octanol–water partition coefficient (Wildman–Crippen LogP) is 1.04. The normalized spacial score (nSPS) is 17.9. The Morgan fingerprint density at radius 1 is 1.27 bits per heavy atom. The standard InChI is InChI=1S/C19H20ClN3O3/c1-26-16-8-7-14(11-15(16)20)22-19(25)18(13-5-3-2-4-6-13)23-10-9-21-17(24)12-23/h2-8,11,18H,9-10,12H2,1H3,(H,21,24)(H,22,25)/p+1/t18-/m0/s1. The Hall–Kier alpha value is -2.57. The van der Waals surface area contributed by atoms with Crippen LogP contribution in [0.15, 0.2) is 48.5 Å². The summed E-state index contributed by atoms with van der Waals surface area (Å²) in [6, 6.07) is 14.1. The Morgan fingerprint density at radius 3 is 2.69 bits per heavy atom. The molecule has 0 spiro atoms. The molecule has 3 N–H and O–H groups in total. The first-order chi connectivity index (χ1) is 12.6. The fraction of sp³-hybridized carbons (Fsp3) is 0.263. The third-order valence-corrected chi connectivity index (χ3v) is 4.67. The highest BCUT2D eigenvalue weighted by molar-refractivity contribution is 6.32. The number of carbonyl (C=O) groups excluding carboxylic acids is 2. The summed E-state index contributed by atoms with van der Waals surface area (Å²) in [5.74, 6) is 0.317. The lowest BCUT2D eigenvalue weighted by atomic mass is 10.0. The van der Waals surface area contributed by atoms with Gasteiger partial charge in [-0.25, -0.2) is 0 Å². The molecule has 1 fully saturated rings. The van der Waals surface area contributed by atoms with Crippen molar-refractivity contribution in [3.05, 3.63) is 59.1 Å². The Bertz CT molecular complexity index is 798. The monoisotopic (exact) mass is 374 g/mol. The number of benzene rings is 2.